The SMILES string of the molecule is CCCCCCC(=O)c1ccc(O)c(-c2ccccc2)c1. The van der Waals surface area contributed by atoms with E-state index in [0.717, 1.165) is 24.0 Å². The van der Waals surface area contributed by atoms with E-state index in [4.69, 9.17) is 0 Å². The fraction of sp³-hybridized carbons (Fsp3) is 0.316. The lowest BCUT2D eigenvalue weighted by Crippen LogP contribution is -1.99. The molecule has 0 radical (unpaired) electrons. The Kier molecular flexibility index (Phi) is 5.56. The number of carbonyl (C=O) groups excluding carboxylic acids is 1. The first-order valence-electron chi connectivity index (χ1n) is 7.64. The van der Waals surface area contributed by atoms with Crippen LogP contribution in [0.4, 0.5) is 0 Å². The number of hydrogen-bond acceptors (Lipinski definition) is 2. The number of phenols is 1. The fourth-order valence-electron chi connectivity index (χ4n) is 2.42. The van der Waals surface area contributed by atoms with E-state index in [-0.39, 0.29) is 11.5 Å². The van der Waals surface area contributed by atoms with Crippen LogP contribution in [-0.2, 0) is 0 Å². The molecule has 0 heterocycles. The van der Waals surface area contributed by atoms with Gasteiger partial charge in [-0.15, -0.1) is 0 Å². The number of ketones is 1. The highest BCUT2D eigenvalue weighted by Crippen LogP contribution is 2.30. The van der Waals surface area contributed by atoms with Gasteiger partial charge in [-0.1, -0.05) is 56.5 Å². The minimum Gasteiger partial charge on any atom is -0.507 e. The van der Waals surface area contributed by atoms with Crippen molar-refractivity contribution < 1.29 is 9.90 Å². The van der Waals surface area contributed by atoms with E-state index in [9.17, 15) is 9.90 Å². The van der Waals surface area contributed by atoms with E-state index in [1.165, 1.54) is 12.8 Å². The maximum Gasteiger partial charge on any atom is 0.162 e. The predicted molar refractivity (Wildman–Crippen MR) is 86.6 cm³/mol. The predicted octanol–water partition coefficient (Wildman–Crippen LogP) is 5.21. The molecule has 0 bridgehead atoms. The van der Waals surface area contributed by atoms with Crippen molar-refractivity contribution >= 4 is 5.78 Å². The van der Waals surface area contributed by atoms with Crippen molar-refractivity contribution in [3.05, 3.63) is 54.1 Å². The molecule has 0 aliphatic rings. The Balaban J connectivity index is 2.13. The largest absolute Gasteiger partial charge is 0.507 e. The van der Waals surface area contributed by atoms with Crippen LogP contribution in [-0.4, -0.2) is 10.9 Å². The molecule has 110 valence electrons. The van der Waals surface area contributed by atoms with Crippen LogP contribution in [0.3, 0.4) is 0 Å². The summed E-state index contributed by atoms with van der Waals surface area (Å²) in [4.78, 5) is 12.2. The minimum atomic E-state index is 0.156. The molecule has 21 heavy (non-hydrogen) atoms. The Morgan fingerprint density at radius 2 is 1.76 bits per heavy atom. The van der Waals surface area contributed by atoms with E-state index in [1.807, 2.05) is 30.3 Å². The van der Waals surface area contributed by atoms with Crippen LogP contribution in [0.25, 0.3) is 11.1 Å². The van der Waals surface area contributed by atoms with Gasteiger partial charge in [-0.3, -0.25) is 4.79 Å². The third-order valence-corrected chi connectivity index (χ3v) is 3.66. The van der Waals surface area contributed by atoms with Gasteiger partial charge in [0, 0.05) is 17.5 Å². The molecule has 2 rings (SSSR count). The van der Waals surface area contributed by atoms with Gasteiger partial charge in [-0.2, -0.15) is 0 Å². The van der Waals surface area contributed by atoms with E-state index in [2.05, 4.69) is 6.92 Å². The number of phenolic OH excluding ortho intramolecular Hbond substituents is 1. The molecule has 0 amide bonds. The highest BCUT2D eigenvalue weighted by molar-refractivity contribution is 5.97. The van der Waals surface area contributed by atoms with Crippen molar-refractivity contribution in [1.29, 1.82) is 0 Å². The van der Waals surface area contributed by atoms with Crippen molar-refractivity contribution in [1.82, 2.24) is 0 Å². The van der Waals surface area contributed by atoms with Gasteiger partial charge in [0.25, 0.3) is 0 Å². The van der Waals surface area contributed by atoms with E-state index in [1.54, 1.807) is 18.2 Å². The molecule has 2 aromatic rings. The number of unbranched alkanes of at least 4 members (excludes halogenated alkanes) is 3. The summed E-state index contributed by atoms with van der Waals surface area (Å²) in [6.45, 7) is 2.16. The maximum atomic E-state index is 12.2. The molecule has 0 atom stereocenters. The van der Waals surface area contributed by atoms with Crippen LogP contribution in [0.5, 0.6) is 5.75 Å². The highest BCUT2D eigenvalue weighted by atomic mass is 16.3. The molecule has 1 N–H and O–H groups in total. The van der Waals surface area contributed by atoms with Crippen LogP contribution >= 0.6 is 0 Å². The number of hydrogen-bond donors (Lipinski definition) is 1. The molecule has 0 saturated heterocycles. The van der Waals surface area contributed by atoms with Crippen molar-refractivity contribution in [3.8, 4) is 16.9 Å². The molecule has 0 saturated carbocycles. The average molecular weight is 282 g/mol. The molecular weight excluding hydrogens is 260 g/mol. The fourth-order valence-corrected chi connectivity index (χ4v) is 2.42. The Morgan fingerprint density at radius 3 is 2.48 bits per heavy atom. The monoisotopic (exact) mass is 282 g/mol. The first-order chi connectivity index (χ1) is 10.2. The summed E-state index contributed by atoms with van der Waals surface area (Å²) < 4.78 is 0. The zero-order valence-corrected chi connectivity index (χ0v) is 12.5. The maximum absolute atomic E-state index is 12.2. The van der Waals surface area contributed by atoms with Crippen LogP contribution in [0.1, 0.15) is 49.4 Å². The lowest BCUT2D eigenvalue weighted by atomic mass is 9.98. The highest BCUT2D eigenvalue weighted by Gasteiger charge is 2.10. The average Bonchev–Trinajstić information content (AvgIpc) is 2.52. The van der Waals surface area contributed by atoms with Gasteiger partial charge in [-0.25, -0.2) is 0 Å². The van der Waals surface area contributed by atoms with Gasteiger partial charge >= 0.3 is 0 Å². The number of aromatic hydroxyl groups is 1. The van der Waals surface area contributed by atoms with Crippen molar-refractivity contribution in [2.75, 3.05) is 0 Å². The Morgan fingerprint density at radius 1 is 1.00 bits per heavy atom. The first-order valence-corrected chi connectivity index (χ1v) is 7.64. The Bertz CT molecular complexity index is 588. The van der Waals surface area contributed by atoms with Gasteiger partial charge in [0.2, 0.25) is 0 Å². The van der Waals surface area contributed by atoms with Crippen LogP contribution in [0.2, 0.25) is 0 Å². The zero-order valence-electron chi connectivity index (χ0n) is 12.5. The number of Topliss-reactive ketones (excluding diaryl/α,β-unsaturated/α-hetero) is 1. The summed E-state index contributed by atoms with van der Waals surface area (Å²) in [6, 6.07) is 14.8. The summed E-state index contributed by atoms with van der Waals surface area (Å²) >= 11 is 0. The van der Waals surface area contributed by atoms with Gasteiger partial charge in [-0.05, 0) is 30.2 Å². The first kappa shape index (κ1) is 15.3. The summed E-state index contributed by atoms with van der Waals surface area (Å²) in [6.07, 6.45) is 4.97. The summed E-state index contributed by atoms with van der Waals surface area (Å²) in [5.41, 5.74) is 2.33. The Hall–Kier alpha value is -2.09. The van der Waals surface area contributed by atoms with Crippen molar-refractivity contribution in [2.24, 2.45) is 0 Å². The summed E-state index contributed by atoms with van der Waals surface area (Å²) in [7, 11) is 0. The molecule has 0 aliphatic heterocycles. The number of rotatable bonds is 7. The third kappa shape index (κ3) is 4.19. The molecule has 0 spiro atoms. The molecule has 0 fully saturated rings. The normalized spacial score (nSPS) is 10.5. The lowest BCUT2D eigenvalue weighted by molar-refractivity contribution is 0.0979. The second kappa shape index (κ2) is 7.63. The van der Waals surface area contributed by atoms with Crippen LogP contribution < -0.4 is 0 Å². The molecule has 0 unspecified atom stereocenters. The second-order valence-corrected chi connectivity index (χ2v) is 5.33. The summed E-state index contributed by atoms with van der Waals surface area (Å²) in [5.74, 6) is 0.368. The number of benzene rings is 2. The molecule has 0 aliphatic carbocycles. The van der Waals surface area contributed by atoms with E-state index in [0.29, 0.717) is 12.0 Å². The van der Waals surface area contributed by atoms with E-state index >= 15 is 0 Å². The quantitative estimate of drug-likeness (QED) is 0.559. The van der Waals surface area contributed by atoms with Crippen molar-refractivity contribution in [2.45, 2.75) is 39.0 Å². The molecular formula is C19H22O2. The molecule has 2 nitrogen and oxygen atoms in total. The van der Waals surface area contributed by atoms with Gasteiger partial charge in [0.05, 0.1) is 0 Å². The standard InChI is InChI=1S/C19H22O2/c1-2-3-4-8-11-18(20)16-12-13-19(21)17(14-16)15-9-6-5-7-10-15/h5-7,9-10,12-14,21H,2-4,8,11H2,1H3. The summed E-state index contributed by atoms with van der Waals surface area (Å²) in [5, 5.41) is 10.0. The second-order valence-electron chi connectivity index (χ2n) is 5.33. The Labute approximate surface area is 126 Å². The van der Waals surface area contributed by atoms with Gasteiger partial charge in [0.1, 0.15) is 5.75 Å². The molecule has 2 aromatic carbocycles. The third-order valence-electron chi connectivity index (χ3n) is 3.66. The van der Waals surface area contributed by atoms with Crippen LogP contribution in [0.15, 0.2) is 48.5 Å². The molecule has 0 aromatic heterocycles. The number of carbonyl (C=O) groups is 1. The zero-order chi connectivity index (χ0) is 15.1. The molecule has 2 heteroatoms. The van der Waals surface area contributed by atoms with Crippen LogP contribution in [0, 0.1) is 0 Å². The van der Waals surface area contributed by atoms with Gasteiger partial charge < -0.3 is 5.11 Å². The smallest absolute Gasteiger partial charge is 0.162 e. The van der Waals surface area contributed by atoms with Crippen molar-refractivity contribution in [3.63, 3.8) is 0 Å². The van der Waals surface area contributed by atoms with Gasteiger partial charge in [0.15, 0.2) is 5.78 Å². The lowest BCUT2D eigenvalue weighted by Gasteiger charge is -2.08. The van der Waals surface area contributed by atoms with E-state index < -0.39 is 0 Å². The topological polar surface area (TPSA) is 37.3 Å². The minimum absolute atomic E-state index is 0.156.